The second-order valence-corrected chi connectivity index (χ2v) is 7.93. The van der Waals surface area contributed by atoms with Gasteiger partial charge in [0.25, 0.3) is 5.91 Å². The van der Waals surface area contributed by atoms with Gasteiger partial charge in [-0.2, -0.15) is 5.10 Å². The molecule has 0 atom stereocenters. The minimum atomic E-state index is 0.119. The molecule has 0 unspecified atom stereocenters. The van der Waals surface area contributed by atoms with Gasteiger partial charge in [-0.3, -0.25) is 14.4 Å². The Labute approximate surface area is 165 Å². The minimum absolute atomic E-state index is 0.119. The number of aromatic nitrogens is 3. The summed E-state index contributed by atoms with van der Waals surface area (Å²) >= 11 is 0. The van der Waals surface area contributed by atoms with Gasteiger partial charge in [0, 0.05) is 68.2 Å². The Morgan fingerprint density at radius 2 is 2.00 bits per heavy atom. The minimum Gasteiger partial charge on any atom is -0.357 e. The molecule has 6 heteroatoms. The molecule has 2 aliphatic heterocycles. The predicted molar refractivity (Wildman–Crippen MR) is 109 cm³/mol. The maximum absolute atomic E-state index is 13.1. The molecule has 0 aliphatic carbocycles. The summed E-state index contributed by atoms with van der Waals surface area (Å²) < 4.78 is 2.04. The summed E-state index contributed by atoms with van der Waals surface area (Å²) in [4.78, 5) is 21.0. The zero-order chi connectivity index (χ0) is 19.1. The molecule has 1 saturated heterocycles. The van der Waals surface area contributed by atoms with Crippen LogP contribution in [0, 0.1) is 0 Å². The molecule has 0 saturated carbocycles. The number of likely N-dealkylation sites (tertiary alicyclic amines) is 1. The van der Waals surface area contributed by atoms with Gasteiger partial charge in [0.1, 0.15) is 0 Å². The standard InChI is InChI=1S/C22H27N5O/c1-2-27-20-9-12-25(14-17-13-16-7-3-4-8-19(16)23-17)15-18(20)21(24-27)22(28)26-10-5-6-11-26/h3-4,7-8,13,23H,2,5-6,9-12,14-15H2,1H3. The van der Waals surface area contributed by atoms with E-state index < -0.39 is 0 Å². The molecule has 0 bridgehead atoms. The smallest absolute Gasteiger partial charge is 0.274 e. The van der Waals surface area contributed by atoms with E-state index in [1.54, 1.807) is 0 Å². The molecule has 1 aromatic carbocycles. The summed E-state index contributed by atoms with van der Waals surface area (Å²) in [7, 11) is 0. The van der Waals surface area contributed by atoms with Crippen molar-refractivity contribution in [2.24, 2.45) is 0 Å². The SMILES string of the molecule is CCn1nc(C(=O)N2CCCC2)c2c1CCN(Cc1cc3ccccc3[nH]1)C2. The van der Waals surface area contributed by atoms with Crippen LogP contribution in [0.15, 0.2) is 30.3 Å². The third-order valence-electron chi connectivity index (χ3n) is 6.09. The molecule has 1 amide bonds. The van der Waals surface area contributed by atoms with Crippen LogP contribution in [0.1, 0.15) is 47.2 Å². The molecule has 3 aromatic rings. The van der Waals surface area contributed by atoms with Crippen molar-refractivity contribution in [2.75, 3.05) is 19.6 Å². The highest BCUT2D eigenvalue weighted by molar-refractivity contribution is 5.94. The summed E-state index contributed by atoms with van der Waals surface area (Å²) in [5.41, 5.74) is 5.47. The van der Waals surface area contributed by atoms with E-state index in [0.29, 0.717) is 5.69 Å². The Kier molecular flexibility index (Phi) is 4.43. The second-order valence-electron chi connectivity index (χ2n) is 7.93. The van der Waals surface area contributed by atoms with Crippen LogP contribution in [0.5, 0.6) is 0 Å². The van der Waals surface area contributed by atoms with Crippen LogP contribution in [0.2, 0.25) is 0 Å². The highest BCUT2D eigenvalue weighted by Crippen LogP contribution is 2.26. The number of aromatic amines is 1. The van der Waals surface area contributed by atoms with Gasteiger partial charge in [0.05, 0.1) is 0 Å². The van der Waals surface area contributed by atoms with Crippen molar-refractivity contribution in [2.45, 2.75) is 45.8 Å². The number of carbonyl (C=O) groups is 1. The third kappa shape index (κ3) is 3.02. The molecule has 6 nitrogen and oxygen atoms in total. The number of carbonyl (C=O) groups excluding carboxylic acids is 1. The Balaban J connectivity index is 1.40. The number of hydrogen-bond donors (Lipinski definition) is 1. The van der Waals surface area contributed by atoms with Crippen LogP contribution in [-0.4, -0.2) is 50.1 Å². The number of hydrogen-bond acceptors (Lipinski definition) is 3. The van der Waals surface area contributed by atoms with Crippen LogP contribution in [-0.2, 0) is 26.1 Å². The Morgan fingerprint density at radius 1 is 1.18 bits per heavy atom. The topological polar surface area (TPSA) is 57.2 Å². The van der Waals surface area contributed by atoms with Gasteiger partial charge < -0.3 is 9.88 Å². The Hall–Kier alpha value is -2.60. The first-order chi connectivity index (χ1) is 13.7. The molecular weight excluding hydrogens is 350 g/mol. The van der Waals surface area contributed by atoms with Crippen molar-refractivity contribution in [3.05, 3.63) is 53.0 Å². The molecule has 146 valence electrons. The molecule has 2 aromatic heterocycles. The number of rotatable bonds is 4. The number of aryl methyl sites for hydroxylation is 1. The van der Waals surface area contributed by atoms with Crippen LogP contribution in [0.4, 0.5) is 0 Å². The number of para-hydroxylation sites is 1. The normalized spacial score (nSPS) is 17.4. The maximum atomic E-state index is 13.1. The van der Waals surface area contributed by atoms with Crippen LogP contribution < -0.4 is 0 Å². The lowest BCUT2D eigenvalue weighted by Crippen LogP contribution is -2.33. The van der Waals surface area contributed by atoms with E-state index in [1.807, 2.05) is 9.58 Å². The number of nitrogens with one attached hydrogen (secondary N) is 1. The average molecular weight is 377 g/mol. The van der Waals surface area contributed by atoms with Crippen LogP contribution >= 0.6 is 0 Å². The predicted octanol–water partition coefficient (Wildman–Crippen LogP) is 3.18. The fraction of sp³-hybridized carbons (Fsp3) is 0.455. The molecule has 1 fully saturated rings. The lowest BCUT2D eigenvalue weighted by molar-refractivity contribution is 0.0783. The number of fused-ring (bicyclic) bond motifs is 2. The highest BCUT2D eigenvalue weighted by Gasteiger charge is 2.31. The lowest BCUT2D eigenvalue weighted by Gasteiger charge is -2.27. The summed E-state index contributed by atoms with van der Waals surface area (Å²) in [6.45, 7) is 7.30. The Bertz CT molecular complexity index is 978. The summed E-state index contributed by atoms with van der Waals surface area (Å²) in [6.07, 6.45) is 3.16. The van der Waals surface area contributed by atoms with E-state index in [2.05, 4.69) is 47.1 Å². The van der Waals surface area contributed by atoms with E-state index in [1.165, 1.54) is 22.3 Å². The molecule has 1 N–H and O–H groups in total. The summed E-state index contributed by atoms with van der Waals surface area (Å²) in [5, 5.41) is 5.97. The van der Waals surface area contributed by atoms with E-state index in [4.69, 9.17) is 5.10 Å². The molecule has 0 radical (unpaired) electrons. The van der Waals surface area contributed by atoms with Crippen molar-refractivity contribution < 1.29 is 4.79 Å². The molecule has 28 heavy (non-hydrogen) atoms. The maximum Gasteiger partial charge on any atom is 0.274 e. The molecule has 0 spiro atoms. The van der Waals surface area contributed by atoms with Crippen LogP contribution in [0.3, 0.4) is 0 Å². The van der Waals surface area contributed by atoms with Gasteiger partial charge in [-0.1, -0.05) is 18.2 Å². The molecule has 4 heterocycles. The number of benzene rings is 1. The van der Waals surface area contributed by atoms with Crippen molar-refractivity contribution in [1.82, 2.24) is 24.6 Å². The quantitative estimate of drug-likeness (QED) is 0.760. The van der Waals surface area contributed by atoms with Gasteiger partial charge >= 0.3 is 0 Å². The van der Waals surface area contributed by atoms with Gasteiger partial charge in [-0.15, -0.1) is 0 Å². The van der Waals surface area contributed by atoms with E-state index >= 15 is 0 Å². The number of H-pyrrole nitrogens is 1. The molecule has 2 aliphatic rings. The number of amides is 1. The van der Waals surface area contributed by atoms with Gasteiger partial charge in [0.15, 0.2) is 5.69 Å². The molecular formula is C22H27N5O. The monoisotopic (exact) mass is 377 g/mol. The van der Waals surface area contributed by atoms with E-state index in [-0.39, 0.29) is 5.91 Å². The Morgan fingerprint density at radius 3 is 2.79 bits per heavy atom. The van der Waals surface area contributed by atoms with Crippen molar-refractivity contribution in [3.8, 4) is 0 Å². The molecule has 5 rings (SSSR count). The van der Waals surface area contributed by atoms with E-state index in [9.17, 15) is 4.79 Å². The highest BCUT2D eigenvalue weighted by atomic mass is 16.2. The van der Waals surface area contributed by atoms with E-state index in [0.717, 1.165) is 64.1 Å². The van der Waals surface area contributed by atoms with Crippen LogP contribution in [0.25, 0.3) is 10.9 Å². The largest absolute Gasteiger partial charge is 0.357 e. The van der Waals surface area contributed by atoms with Gasteiger partial charge in [0.2, 0.25) is 0 Å². The number of nitrogens with zero attached hydrogens (tertiary/aromatic N) is 4. The average Bonchev–Trinajstić information content (AvgIpc) is 3.45. The fourth-order valence-electron chi connectivity index (χ4n) is 4.64. The first-order valence-electron chi connectivity index (χ1n) is 10.4. The first kappa shape index (κ1) is 17.5. The zero-order valence-corrected chi connectivity index (χ0v) is 16.4. The summed E-state index contributed by atoms with van der Waals surface area (Å²) in [5.74, 6) is 0.119. The van der Waals surface area contributed by atoms with Gasteiger partial charge in [-0.25, -0.2) is 0 Å². The third-order valence-corrected chi connectivity index (χ3v) is 6.09. The fourth-order valence-corrected chi connectivity index (χ4v) is 4.64. The first-order valence-corrected chi connectivity index (χ1v) is 10.4. The van der Waals surface area contributed by atoms with Crippen molar-refractivity contribution in [3.63, 3.8) is 0 Å². The van der Waals surface area contributed by atoms with Crippen molar-refractivity contribution >= 4 is 16.8 Å². The van der Waals surface area contributed by atoms with Crippen molar-refractivity contribution in [1.29, 1.82) is 0 Å². The zero-order valence-electron chi connectivity index (χ0n) is 16.4. The second kappa shape index (κ2) is 7.09. The summed E-state index contributed by atoms with van der Waals surface area (Å²) in [6, 6.07) is 10.6. The lowest BCUT2D eigenvalue weighted by atomic mass is 10.0. The van der Waals surface area contributed by atoms with Gasteiger partial charge in [-0.05, 0) is 37.3 Å².